The Morgan fingerprint density at radius 2 is 2.04 bits per heavy atom. The molecule has 0 spiro atoms. The van der Waals surface area contributed by atoms with Crippen LogP contribution in [-0.4, -0.2) is 21.9 Å². The number of amides is 1. The van der Waals surface area contributed by atoms with Gasteiger partial charge in [-0.2, -0.15) is 0 Å². The molecule has 2 aliphatic rings. The quantitative estimate of drug-likeness (QED) is 0.707. The summed E-state index contributed by atoms with van der Waals surface area (Å²) in [4.78, 5) is 23.2. The maximum atomic E-state index is 12.6. The van der Waals surface area contributed by atoms with Crippen molar-refractivity contribution in [2.45, 2.75) is 51.1 Å². The lowest BCUT2D eigenvalue weighted by atomic mass is 9.87. The minimum atomic E-state index is 0.0203. The van der Waals surface area contributed by atoms with Crippen LogP contribution < -0.4 is 10.6 Å². The Hall–Kier alpha value is -2.47. The van der Waals surface area contributed by atoms with Crippen molar-refractivity contribution >= 4 is 33.3 Å². The zero-order valence-electron chi connectivity index (χ0n) is 15.3. The maximum Gasteiger partial charge on any atom is 0.261 e. The van der Waals surface area contributed by atoms with E-state index in [4.69, 9.17) is 0 Å². The third kappa shape index (κ3) is 3.08. The second kappa shape index (κ2) is 6.60. The minimum Gasteiger partial charge on any atom is -0.363 e. The van der Waals surface area contributed by atoms with Gasteiger partial charge < -0.3 is 10.6 Å². The van der Waals surface area contributed by atoms with E-state index in [1.54, 1.807) is 6.33 Å². The number of benzene rings is 1. The number of hydrogen-bond donors (Lipinski definition) is 2. The highest BCUT2D eigenvalue weighted by molar-refractivity contribution is 7.20. The summed E-state index contributed by atoms with van der Waals surface area (Å²) in [5, 5.41) is 7.72. The van der Waals surface area contributed by atoms with E-state index in [1.165, 1.54) is 28.9 Å². The SMILES string of the molecule is Cc1c(C(=O)NC2CC2)sc2ncnc(NC3CCCc4ccccc43)c12. The van der Waals surface area contributed by atoms with E-state index >= 15 is 0 Å². The summed E-state index contributed by atoms with van der Waals surface area (Å²) in [5.41, 5.74) is 3.74. The van der Waals surface area contributed by atoms with Gasteiger partial charge in [0.2, 0.25) is 0 Å². The normalized spacial score (nSPS) is 18.9. The third-order valence-electron chi connectivity index (χ3n) is 5.53. The van der Waals surface area contributed by atoms with Crippen molar-refractivity contribution in [1.29, 1.82) is 0 Å². The number of rotatable bonds is 4. The molecule has 0 bridgehead atoms. The van der Waals surface area contributed by atoms with Gasteiger partial charge in [-0.1, -0.05) is 24.3 Å². The number of carbonyl (C=O) groups is 1. The van der Waals surface area contributed by atoms with Crippen LogP contribution in [0.15, 0.2) is 30.6 Å². The molecule has 2 aromatic heterocycles. The number of nitrogens with zero attached hydrogens (tertiary/aromatic N) is 2. The molecule has 2 N–H and O–H groups in total. The van der Waals surface area contributed by atoms with E-state index < -0.39 is 0 Å². The number of aromatic nitrogens is 2. The lowest BCUT2D eigenvalue weighted by Gasteiger charge is -2.27. The molecule has 6 heteroatoms. The van der Waals surface area contributed by atoms with Crippen LogP contribution >= 0.6 is 11.3 Å². The molecule has 1 amide bonds. The van der Waals surface area contributed by atoms with E-state index in [0.29, 0.717) is 6.04 Å². The first-order chi connectivity index (χ1) is 13.2. The monoisotopic (exact) mass is 378 g/mol. The van der Waals surface area contributed by atoms with E-state index in [2.05, 4.69) is 44.9 Å². The highest BCUT2D eigenvalue weighted by Gasteiger charge is 2.27. The van der Waals surface area contributed by atoms with Crippen LogP contribution in [0.2, 0.25) is 0 Å². The van der Waals surface area contributed by atoms with Crippen molar-refractivity contribution in [2.24, 2.45) is 0 Å². The largest absolute Gasteiger partial charge is 0.363 e. The zero-order chi connectivity index (χ0) is 18.4. The number of aryl methyl sites for hydroxylation is 2. The Balaban J connectivity index is 1.51. The molecule has 3 aromatic rings. The Labute approximate surface area is 162 Å². The van der Waals surface area contributed by atoms with Crippen LogP contribution in [0.1, 0.15) is 58.1 Å². The predicted molar refractivity (Wildman–Crippen MR) is 108 cm³/mol. The van der Waals surface area contributed by atoms with E-state index in [0.717, 1.165) is 52.2 Å². The van der Waals surface area contributed by atoms with Crippen molar-refractivity contribution in [3.63, 3.8) is 0 Å². The summed E-state index contributed by atoms with van der Waals surface area (Å²) in [6.07, 6.45) is 7.16. The molecule has 1 saturated carbocycles. The fourth-order valence-corrected chi connectivity index (χ4v) is 5.00. The Morgan fingerprint density at radius 1 is 1.19 bits per heavy atom. The summed E-state index contributed by atoms with van der Waals surface area (Å²) >= 11 is 1.46. The third-order valence-corrected chi connectivity index (χ3v) is 6.72. The molecule has 27 heavy (non-hydrogen) atoms. The highest BCUT2D eigenvalue weighted by atomic mass is 32.1. The van der Waals surface area contributed by atoms with Crippen LogP contribution in [0.4, 0.5) is 5.82 Å². The van der Waals surface area contributed by atoms with Gasteiger partial charge in [0, 0.05) is 6.04 Å². The molecule has 0 aliphatic heterocycles. The molecule has 1 fully saturated rings. The lowest BCUT2D eigenvalue weighted by molar-refractivity contribution is 0.0954. The smallest absolute Gasteiger partial charge is 0.261 e. The second-order valence-corrected chi connectivity index (χ2v) is 8.49. The fourth-order valence-electron chi connectivity index (χ4n) is 3.95. The Kier molecular flexibility index (Phi) is 4.08. The summed E-state index contributed by atoms with van der Waals surface area (Å²) in [6, 6.07) is 9.23. The molecule has 0 saturated heterocycles. The van der Waals surface area contributed by atoms with Gasteiger partial charge in [-0.05, 0) is 55.7 Å². The Bertz CT molecular complexity index is 1020. The summed E-state index contributed by atoms with van der Waals surface area (Å²) < 4.78 is 0. The van der Waals surface area contributed by atoms with Crippen molar-refractivity contribution in [3.05, 3.63) is 52.2 Å². The van der Waals surface area contributed by atoms with E-state index in [1.807, 2.05) is 6.92 Å². The van der Waals surface area contributed by atoms with Gasteiger partial charge in [0.25, 0.3) is 5.91 Å². The average molecular weight is 379 g/mol. The Morgan fingerprint density at radius 3 is 2.89 bits per heavy atom. The van der Waals surface area contributed by atoms with Gasteiger partial charge in [-0.25, -0.2) is 9.97 Å². The number of fused-ring (bicyclic) bond motifs is 2. The van der Waals surface area contributed by atoms with Crippen LogP contribution in [0.5, 0.6) is 0 Å². The standard InChI is InChI=1S/C21H22N4OS/c1-12-17-19(25-16-8-4-6-13-5-2-3-7-15(13)16)22-11-23-21(17)27-18(12)20(26)24-14-9-10-14/h2-3,5,7,11,14,16H,4,6,8-10H2,1H3,(H,24,26)(H,22,23,25). The molecule has 0 radical (unpaired) electrons. The predicted octanol–water partition coefficient (Wildman–Crippen LogP) is 4.38. The van der Waals surface area contributed by atoms with Gasteiger partial charge in [0.05, 0.1) is 16.3 Å². The van der Waals surface area contributed by atoms with Crippen LogP contribution in [0.3, 0.4) is 0 Å². The van der Waals surface area contributed by atoms with Gasteiger partial charge in [-0.3, -0.25) is 4.79 Å². The number of nitrogens with one attached hydrogen (secondary N) is 2. The molecular weight excluding hydrogens is 356 g/mol. The molecule has 1 aromatic carbocycles. The number of hydrogen-bond acceptors (Lipinski definition) is 5. The first-order valence-electron chi connectivity index (χ1n) is 9.60. The number of thiophene rings is 1. The van der Waals surface area contributed by atoms with Crippen molar-refractivity contribution < 1.29 is 4.79 Å². The van der Waals surface area contributed by atoms with Gasteiger partial charge in [0.1, 0.15) is 17.0 Å². The first-order valence-corrected chi connectivity index (χ1v) is 10.4. The van der Waals surface area contributed by atoms with E-state index in [9.17, 15) is 4.79 Å². The van der Waals surface area contributed by atoms with Gasteiger partial charge >= 0.3 is 0 Å². The van der Waals surface area contributed by atoms with Crippen molar-refractivity contribution in [3.8, 4) is 0 Å². The minimum absolute atomic E-state index is 0.0203. The average Bonchev–Trinajstić information content (AvgIpc) is 3.43. The van der Waals surface area contributed by atoms with Crippen molar-refractivity contribution in [2.75, 3.05) is 5.32 Å². The molecular formula is C21H22N4OS. The van der Waals surface area contributed by atoms with Crippen molar-refractivity contribution in [1.82, 2.24) is 15.3 Å². The van der Waals surface area contributed by atoms with Crippen LogP contribution in [0, 0.1) is 6.92 Å². The molecule has 138 valence electrons. The maximum absolute atomic E-state index is 12.6. The lowest BCUT2D eigenvalue weighted by Crippen LogP contribution is -2.25. The van der Waals surface area contributed by atoms with Gasteiger partial charge in [-0.15, -0.1) is 11.3 Å². The summed E-state index contributed by atoms with van der Waals surface area (Å²) in [6.45, 7) is 2.00. The van der Waals surface area contributed by atoms with Crippen LogP contribution in [-0.2, 0) is 6.42 Å². The van der Waals surface area contributed by atoms with Crippen LogP contribution in [0.25, 0.3) is 10.2 Å². The topological polar surface area (TPSA) is 66.9 Å². The number of carbonyl (C=O) groups excluding carboxylic acids is 1. The van der Waals surface area contributed by atoms with Gasteiger partial charge in [0.15, 0.2) is 0 Å². The fraction of sp³-hybridized carbons (Fsp3) is 0.381. The molecule has 1 atom stereocenters. The highest BCUT2D eigenvalue weighted by Crippen LogP contribution is 2.37. The van der Waals surface area contributed by atoms with E-state index in [-0.39, 0.29) is 11.9 Å². The molecule has 1 unspecified atom stereocenters. The summed E-state index contributed by atoms with van der Waals surface area (Å²) in [7, 11) is 0. The first kappa shape index (κ1) is 16.7. The second-order valence-electron chi connectivity index (χ2n) is 7.49. The molecule has 5 rings (SSSR count). The molecule has 2 aliphatic carbocycles. The zero-order valence-corrected chi connectivity index (χ0v) is 16.1. The number of anilines is 1. The summed E-state index contributed by atoms with van der Waals surface area (Å²) in [5.74, 6) is 0.855. The molecule has 2 heterocycles. The molecule has 5 nitrogen and oxygen atoms in total.